The van der Waals surface area contributed by atoms with Gasteiger partial charge in [0.1, 0.15) is 5.76 Å². The van der Waals surface area contributed by atoms with Crippen molar-refractivity contribution in [2.75, 3.05) is 13.7 Å². The zero-order valence-corrected chi connectivity index (χ0v) is 12.8. The molecule has 108 valence electrons. The number of nitrogens with zero attached hydrogens (tertiary/aromatic N) is 1. The topological polar surface area (TPSA) is 12.5 Å². The van der Waals surface area contributed by atoms with Crippen molar-refractivity contribution in [3.8, 4) is 0 Å². The SMILES string of the molecule is CCOC1=CC(c2ccccc2)=C(C)C12C=CN(C)C=C2. The molecule has 0 fully saturated rings. The third-order valence-electron chi connectivity index (χ3n) is 4.24. The van der Waals surface area contributed by atoms with Gasteiger partial charge in [-0.05, 0) is 48.8 Å². The largest absolute Gasteiger partial charge is 0.497 e. The number of ether oxygens (including phenoxy) is 1. The van der Waals surface area contributed by atoms with E-state index >= 15 is 0 Å². The van der Waals surface area contributed by atoms with Gasteiger partial charge in [0.05, 0.1) is 12.0 Å². The summed E-state index contributed by atoms with van der Waals surface area (Å²) in [6, 6.07) is 10.5. The highest BCUT2D eigenvalue weighted by atomic mass is 16.5. The third-order valence-corrected chi connectivity index (χ3v) is 4.24. The third kappa shape index (κ3) is 2.21. The lowest BCUT2D eigenvalue weighted by atomic mass is 9.79. The first-order valence-electron chi connectivity index (χ1n) is 7.40. The molecule has 2 nitrogen and oxygen atoms in total. The molecule has 1 heterocycles. The van der Waals surface area contributed by atoms with Gasteiger partial charge in [-0.1, -0.05) is 30.3 Å². The number of hydrogen-bond acceptors (Lipinski definition) is 2. The van der Waals surface area contributed by atoms with E-state index in [2.05, 4.69) is 66.7 Å². The Morgan fingerprint density at radius 1 is 1.10 bits per heavy atom. The lowest BCUT2D eigenvalue weighted by molar-refractivity contribution is 0.192. The molecule has 1 aliphatic heterocycles. The van der Waals surface area contributed by atoms with Gasteiger partial charge >= 0.3 is 0 Å². The van der Waals surface area contributed by atoms with Crippen molar-refractivity contribution in [2.45, 2.75) is 13.8 Å². The first-order chi connectivity index (χ1) is 10.2. The van der Waals surface area contributed by atoms with Crippen LogP contribution in [0.25, 0.3) is 5.57 Å². The molecule has 1 spiro atoms. The van der Waals surface area contributed by atoms with Crippen LogP contribution in [-0.2, 0) is 4.74 Å². The number of allylic oxidation sites excluding steroid dienone is 3. The summed E-state index contributed by atoms with van der Waals surface area (Å²) in [5.41, 5.74) is 3.59. The van der Waals surface area contributed by atoms with Crippen LogP contribution in [0.1, 0.15) is 19.4 Å². The van der Waals surface area contributed by atoms with E-state index in [4.69, 9.17) is 4.74 Å². The molecule has 0 radical (unpaired) electrons. The van der Waals surface area contributed by atoms with Gasteiger partial charge in [0.15, 0.2) is 0 Å². The molecule has 2 heteroatoms. The van der Waals surface area contributed by atoms with Crippen LogP contribution in [0, 0.1) is 5.41 Å². The van der Waals surface area contributed by atoms with Gasteiger partial charge < -0.3 is 9.64 Å². The van der Waals surface area contributed by atoms with Gasteiger partial charge in [-0.25, -0.2) is 0 Å². The van der Waals surface area contributed by atoms with E-state index < -0.39 is 0 Å². The molecule has 2 aliphatic rings. The van der Waals surface area contributed by atoms with Crippen molar-refractivity contribution in [2.24, 2.45) is 5.41 Å². The molecule has 1 aromatic rings. The van der Waals surface area contributed by atoms with Crippen molar-refractivity contribution in [1.82, 2.24) is 4.90 Å². The minimum absolute atomic E-state index is 0.228. The van der Waals surface area contributed by atoms with E-state index in [0.29, 0.717) is 6.61 Å². The molecule has 3 rings (SSSR count). The second-order valence-electron chi connectivity index (χ2n) is 5.51. The van der Waals surface area contributed by atoms with Crippen LogP contribution in [0.4, 0.5) is 0 Å². The van der Waals surface area contributed by atoms with Crippen LogP contribution in [0.3, 0.4) is 0 Å². The Labute approximate surface area is 126 Å². The molecule has 0 bridgehead atoms. The lowest BCUT2D eigenvalue weighted by Crippen LogP contribution is -2.24. The van der Waals surface area contributed by atoms with E-state index in [0.717, 1.165) is 5.76 Å². The highest BCUT2D eigenvalue weighted by Crippen LogP contribution is 2.50. The van der Waals surface area contributed by atoms with E-state index in [1.165, 1.54) is 16.7 Å². The molecular formula is C19H21NO. The number of benzene rings is 1. The van der Waals surface area contributed by atoms with E-state index in [9.17, 15) is 0 Å². The molecule has 1 aromatic carbocycles. The Morgan fingerprint density at radius 3 is 2.38 bits per heavy atom. The van der Waals surface area contributed by atoms with Gasteiger partial charge in [-0.2, -0.15) is 0 Å². The zero-order chi connectivity index (χ0) is 14.9. The monoisotopic (exact) mass is 279 g/mol. The summed E-state index contributed by atoms with van der Waals surface area (Å²) >= 11 is 0. The summed E-state index contributed by atoms with van der Waals surface area (Å²) < 4.78 is 5.95. The summed E-state index contributed by atoms with van der Waals surface area (Å²) in [7, 11) is 2.04. The maximum Gasteiger partial charge on any atom is 0.115 e. The Hall–Kier alpha value is -2.22. The Bertz CT molecular complexity index is 635. The van der Waals surface area contributed by atoms with Gasteiger partial charge in [0.25, 0.3) is 0 Å². The fraction of sp³-hybridized carbons (Fsp3) is 0.263. The van der Waals surface area contributed by atoms with Crippen molar-refractivity contribution in [1.29, 1.82) is 0 Å². The molecule has 0 aromatic heterocycles. The first-order valence-corrected chi connectivity index (χ1v) is 7.40. The fourth-order valence-corrected chi connectivity index (χ4v) is 2.99. The van der Waals surface area contributed by atoms with E-state index in [-0.39, 0.29) is 5.41 Å². The molecule has 21 heavy (non-hydrogen) atoms. The smallest absolute Gasteiger partial charge is 0.115 e. The summed E-state index contributed by atoms with van der Waals surface area (Å²) in [5, 5.41) is 0. The average Bonchev–Trinajstić information content (AvgIpc) is 2.77. The molecular weight excluding hydrogens is 258 g/mol. The highest BCUT2D eigenvalue weighted by Gasteiger charge is 2.40. The van der Waals surface area contributed by atoms with Crippen LogP contribution in [0.2, 0.25) is 0 Å². The molecule has 0 amide bonds. The van der Waals surface area contributed by atoms with Crippen molar-refractivity contribution in [3.63, 3.8) is 0 Å². The Kier molecular flexibility index (Phi) is 3.46. The van der Waals surface area contributed by atoms with Crippen molar-refractivity contribution < 1.29 is 4.74 Å². The summed E-state index contributed by atoms with van der Waals surface area (Å²) in [5.74, 6) is 1.02. The van der Waals surface area contributed by atoms with Crippen LogP contribution < -0.4 is 0 Å². The minimum atomic E-state index is -0.228. The van der Waals surface area contributed by atoms with Crippen LogP contribution in [0.15, 0.2) is 72.3 Å². The second-order valence-corrected chi connectivity index (χ2v) is 5.51. The van der Waals surface area contributed by atoms with Crippen molar-refractivity contribution in [3.05, 3.63) is 77.9 Å². The van der Waals surface area contributed by atoms with Gasteiger partial charge in [-0.15, -0.1) is 0 Å². The fourth-order valence-electron chi connectivity index (χ4n) is 2.99. The predicted molar refractivity (Wildman–Crippen MR) is 87.2 cm³/mol. The Balaban J connectivity index is 2.11. The maximum absolute atomic E-state index is 5.95. The predicted octanol–water partition coefficient (Wildman–Crippen LogP) is 4.35. The Morgan fingerprint density at radius 2 is 1.76 bits per heavy atom. The van der Waals surface area contributed by atoms with Crippen LogP contribution >= 0.6 is 0 Å². The number of hydrogen-bond donors (Lipinski definition) is 0. The summed E-state index contributed by atoms with van der Waals surface area (Å²) in [6.07, 6.45) is 10.8. The average molecular weight is 279 g/mol. The first kappa shape index (κ1) is 13.7. The highest BCUT2D eigenvalue weighted by molar-refractivity contribution is 5.83. The molecule has 0 atom stereocenters. The molecule has 1 aliphatic carbocycles. The summed E-state index contributed by atoms with van der Waals surface area (Å²) in [4.78, 5) is 2.06. The van der Waals surface area contributed by atoms with Gasteiger partial charge in [0, 0.05) is 19.4 Å². The number of rotatable bonds is 3. The van der Waals surface area contributed by atoms with Gasteiger partial charge in [-0.3, -0.25) is 0 Å². The zero-order valence-electron chi connectivity index (χ0n) is 12.8. The molecule has 0 N–H and O–H groups in total. The molecule has 0 saturated heterocycles. The summed E-state index contributed by atoms with van der Waals surface area (Å²) in [6.45, 7) is 4.91. The standard InChI is InChI=1S/C19H21NO/c1-4-21-18-14-17(16-8-6-5-7-9-16)15(2)19(18)10-12-20(3)13-11-19/h5-14H,4H2,1-3H3. The quantitative estimate of drug-likeness (QED) is 0.815. The maximum atomic E-state index is 5.95. The second kappa shape index (κ2) is 5.28. The van der Waals surface area contributed by atoms with Crippen molar-refractivity contribution >= 4 is 5.57 Å². The van der Waals surface area contributed by atoms with Crippen LogP contribution in [-0.4, -0.2) is 18.6 Å². The molecule has 0 saturated carbocycles. The van der Waals surface area contributed by atoms with Crippen LogP contribution in [0.5, 0.6) is 0 Å². The van der Waals surface area contributed by atoms with E-state index in [1.807, 2.05) is 20.0 Å². The lowest BCUT2D eigenvalue weighted by Gasteiger charge is -2.31. The minimum Gasteiger partial charge on any atom is -0.497 e. The normalized spacial score (nSPS) is 19.4. The van der Waals surface area contributed by atoms with E-state index in [1.54, 1.807) is 0 Å². The molecule has 0 unspecified atom stereocenters. The van der Waals surface area contributed by atoms with Gasteiger partial charge in [0.2, 0.25) is 0 Å².